The smallest absolute Gasteiger partial charge is 0.306 e. The lowest BCUT2D eigenvalue weighted by atomic mass is 10.0. The van der Waals surface area contributed by atoms with Gasteiger partial charge in [0.25, 0.3) is 0 Å². The lowest BCUT2D eigenvalue weighted by molar-refractivity contribution is -0.167. The van der Waals surface area contributed by atoms with E-state index in [4.69, 9.17) is 14.2 Å². The van der Waals surface area contributed by atoms with Crippen LogP contribution in [0.1, 0.15) is 361 Å². The molecule has 0 aromatic heterocycles. The summed E-state index contributed by atoms with van der Waals surface area (Å²) in [5.41, 5.74) is 0. The van der Waals surface area contributed by atoms with Crippen LogP contribution in [0.3, 0.4) is 0 Å². The molecule has 0 bridgehead atoms. The van der Waals surface area contributed by atoms with Crippen molar-refractivity contribution in [3.05, 3.63) is 48.6 Å². The quantitative estimate of drug-likeness (QED) is 0.0261. The molecule has 0 heterocycles. The maximum Gasteiger partial charge on any atom is 0.306 e. The Morgan fingerprint density at radius 2 is 0.513 bits per heavy atom. The molecule has 444 valence electrons. The molecule has 0 spiro atoms. The minimum Gasteiger partial charge on any atom is -0.462 e. The van der Waals surface area contributed by atoms with Gasteiger partial charge in [0.15, 0.2) is 6.10 Å². The van der Waals surface area contributed by atoms with Crippen LogP contribution in [0.5, 0.6) is 0 Å². The maximum absolute atomic E-state index is 12.9. The van der Waals surface area contributed by atoms with Crippen molar-refractivity contribution < 1.29 is 28.6 Å². The first-order chi connectivity index (χ1) is 37.5. The van der Waals surface area contributed by atoms with Gasteiger partial charge in [-0.05, 0) is 77.0 Å². The Hall–Kier alpha value is -2.63. The first kappa shape index (κ1) is 73.4. The Kier molecular flexibility index (Phi) is 62.6. The van der Waals surface area contributed by atoms with E-state index in [0.717, 1.165) is 96.3 Å². The minimum atomic E-state index is -0.779. The standard InChI is InChI=1S/C70H128O6/c1-4-7-10-13-16-19-22-25-28-30-32-34-35-36-38-39-42-45-48-51-54-57-60-63-69(72)75-66-67(65-74-68(71)62-59-56-53-50-47-44-41-27-24-21-18-15-12-9-6-3)76-70(73)64-61-58-55-52-49-46-43-40-37-33-31-29-26-23-20-17-14-11-8-5-2/h9,12,18,21,27,30,32,41,67H,4-8,10-11,13-17,19-20,22-26,28-29,31,33-40,42-66H2,1-3H3/b12-9-,21-18-,32-30-,41-27-. The van der Waals surface area contributed by atoms with E-state index < -0.39 is 6.10 Å². The first-order valence-corrected chi connectivity index (χ1v) is 33.6. The fourth-order valence-electron chi connectivity index (χ4n) is 10.0. The molecule has 1 atom stereocenters. The first-order valence-electron chi connectivity index (χ1n) is 33.6. The largest absolute Gasteiger partial charge is 0.462 e. The molecule has 6 nitrogen and oxygen atoms in total. The van der Waals surface area contributed by atoms with E-state index in [0.29, 0.717) is 19.3 Å². The van der Waals surface area contributed by atoms with Crippen molar-refractivity contribution in [2.75, 3.05) is 13.2 Å². The van der Waals surface area contributed by atoms with Crippen LogP contribution >= 0.6 is 0 Å². The molecular weight excluding hydrogens is 937 g/mol. The molecule has 1 unspecified atom stereocenters. The molecule has 0 radical (unpaired) electrons. The van der Waals surface area contributed by atoms with E-state index in [1.54, 1.807) is 0 Å². The lowest BCUT2D eigenvalue weighted by Crippen LogP contribution is -2.30. The summed E-state index contributed by atoms with van der Waals surface area (Å²) in [5.74, 6) is -0.869. The number of ether oxygens (including phenoxy) is 3. The summed E-state index contributed by atoms with van der Waals surface area (Å²) in [7, 11) is 0. The van der Waals surface area contributed by atoms with Gasteiger partial charge < -0.3 is 14.2 Å². The SMILES string of the molecule is CC/C=C\C/C=C\C/C=C\CCCCCCCC(=O)OCC(COC(=O)CCCCCCCCCCCCC/C=C\CCCCCCCCCC)OC(=O)CCCCCCCCCCCCCCCCCCCCCC. The van der Waals surface area contributed by atoms with Crippen molar-refractivity contribution in [1.82, 2.24) is 0 Å². The summed E-state index contributed by atoms with van der Waals surface area (Å²) < 4.78 is 17.0. The molecule has 0 aromatic carbocycles. The highest BCUT2D eigenvalue weighted by molar-refractivity contribution is 5.71. The molecule has 0 aliphatic rings. The third kappa shape index (κ3) is 62.2. The second kappa shape index (κ2) is 64.9. The predicted molar refractivity (Wildman–Crippen MR) is 330 cm³/mol. The molecule has 0 aliphatic carbocycles. The van der Waals surface area contributed by atoms with E-state index in [9.17, 15) is 14.4 Å². The van der Waals surface area contributed by atoms with Crippen LogP contribution < -0.4 is 0 Å². The number of hydrogen-bond donors (Lipinski definition) is 0. The summed E-state index contributed by atoms with van der Waals surface area (Å²) >= 11 is 0. The van der Waals surface area contributed by atoms with Gasteiger partial charge in [0, 0.05) is 19.3 Å². The minimum absolute atomic E-state index is 0.0752. The van der Waals surface area contributed by atoms with Crippen molar-refractivity contribution >= 4 is 17.9 Å². The summed E-state index contributed by atoms with van der Waals surface area (Å²) in [5, 5.41) is 0. The maximum atomic E-state index is 12.9. The van der Waals surface area contributed by atoms with Gasteiger partial charge in [0.05, 0.1) is 0 Å². The summed E-state index contributed by atoms with van der Waals surface area (Å²) in [6, 6.07) is 0. The monoisotopic (exact) mass is 1060 g/mol. The highest BCUT2D eigenvalue weighted by Gasteiger charge is 2.19. The van der Waals surface area contributed by atoms with E-state index in [-0.39, 0.29) is 31.1 Å². The fourth-order valence-corrected chi connectivity index (χ4v) is 10.0. The van der Waals surface area contributed by atoms with Crippen LogP contribution in [0.4, 0.5) is 0 Å². The van der Waals surface area contributed by atoms with Gasteiger partial charge in [-0.2, -0.15) is 0 Å². The fraction of sp³-hybridized carbons (Fsp3) is 0.843. The number of carbonyl (C=O) groups is 3. The van der Waals surface area contributed by atoms with Gasteiger partial charge in [-0.15, -0.1) is 0 Å². The van der Waals surface area contributed by atoms with Gasteiger partial charge in [-0.3, -0.25) is 14.4 Å². The molecule has 0 amide bonds. The van der Waals surface area contributed by atoms with Crippen molar-refractivity contribution in [1.29, 1.82) is 0 Å². The number of rotatable bonds is 62. The van der Waals surface area contributed by atoms with Gasteiger partial charge in [0.1, 0.15) is 13.2 Å². The van der Waals surface area contributed by atoms with Crippen LogP contribution in [0, 0.1) is 0 Å². The highest BCUT2D eigenvalue weighted by Crippen LogP contribution is 2.18. The normalized spacial score (nSPS) is 12.3. The summed E-state index contributed by atoms with van der Waals surface area (Å²) in [4.78, 5) is 38.4. The van der Waals surface area contributed by atoms with Gasteiger partial charge >= 0.3 is 17.9 Å². The highest BCUT2D eigenvalue weighted by atomic mass is 16.6. The molecule has 0 saturated heterocycles. The molecule has 0 aromatic rings. The van der Waals surface area contributed by atoms with Crippen LogP contribution in [0.25, 0.3) is 0 Å². The number of carbonyl (C=O) groups excluding carboxylic acids is 3. The Morgan fingerprint density at radius 3 is 0.816 bits per heavy atom. The molecule has 0 saturated carbocycles. The number of unbranched alkanes of at least 4 members (excludes halogenated alkanes) is 43. The lowest BCUT2D eigenvalue weighted by Gasteiger charge is -2.18. The zero-order valence-electron chi connectivity index (χ0n) is 51.0. The van der Waals surface area contributed by atoms with Crippen molar-refractivity contribution in [3.8, 4) is 0 Å². The van der Waals surface area contributed by atoms with E-state index >= 15 is 0 Å². The van der Waals surface area contributed by atoms with Crippen LogP contribution in [0.15, 0.2) is 48.6 Å². The number of hydrogen-bond acceptors (Lipinski definition) is 6. The molecule has 6 heteroatoms. The summed E-state index contributed by atoms with van der Waals surface area (Å²) in [6.45, 7) is 6.58. The van der Waals surface area contributed by atoms with Crippen molar-refractivity contribution in [3.63, 3.8) is 0 Å². The molecular formula is C70H128O6. The Labute approximate surface area is 473 Å². The van der Waals surface area contributed by atoms with Crippen molar-refractivity contribution in [2.24, 2.45) is 0 Å². The molecule has 0 fully saturated rings. The zero-order valence-corrected chi connectivity index (χ0v) is 51.0. The predicted octanol–water partition coefficient (Wildman–Crippen LogP) is 22.9. The second-order valence-electron chi connectivity index (χ2n) is 22.7. The van der Waals surface area contributed by atoms with Crippen LogP contribution in [0.2, 0.25) is 0 Å². The number of allylic oxidation sites excluding steroid dienone is 8. The van der Waals surface area contributed by atoms with E-state index in [2.05, 4.69) is 69.4 Å². The summed E-state index contributed by atoms with van der Waals surface area (Å²) in [6.07, 6.45) is 81.3. The third-order valence-electron chi connectivity index (χ3n) is 15.1. The van der Waals surface area contributed by atoms with E-state index in [1.165, 1.54) is 225 Å². The van der Waals surface area contributed by atoms with Gasteiger partial charge in [-0.25, -0.2) is 0 Å². The average Bonchev–Trinajstić information content (AvgIpc) is 3.42. The molecule has 0 aliphatic heterocycles. The average molecular weight is 1070 g/mol. The Bertz CT molecular complexity index is 1310. The van der Waals surface area contributed by atoms with Gasteiger partial charge in [-0.1, -0.05) is 313 Å². The van der Waals surface area contributed by atoms with Crippen molar-refractivity contribution in [2.45, 2.75) is 367 Å². The van der Waals surface area contributed by atoms with Crippen LogP contribution in [-0.2, 0) is 28.6 Å². The molecule has 76 heavy (non-hydrogen) atoms. The topological polar surface area (TPSA) is 78.9 Å². The Morgan fingerprint density at radius 1 is 0.276 bits per heavy atom. The third-order valence-corrected chi connectivity index (χ3v) is 15.1. The zero-order chi connectivity index (χ0) is 55.0. The molecule has 0 rings (SSSR count). The number of esters is 3. The second-order valence-corrected chi connectivity index (χ2v) is 22.7. The van der Waals surface area contributed by atoms with E-state index in [1.807, 2.05) is 0 Å². The Balaban J connectivity index is 4.30. The van der Waals surface area contributed by atoms with Gasteiger partial charge in [0.2, 0.25) is 0 Å². The molecule has 0 N–H and O–H groups in total. The van der Waals surface area contributed by atoms with Crippen LogP contribution in [-0.4, -0.2) is 37.2 Å².